The number of alkyl halides is 3. The number of aliphatic hydroxyl groups is 1. The van der Waals surface area contributed by atoms with E-state index in [1.165, 1.54) is 24.9 Å². The fourth-order valence-corrected chi connectivity index (χ4v) is 5.80. The quantitative estimate of drug-likeness (QED) is 0.168. The third kappa shape index (κ3) is 6.38. The first-order valence-corrected chi connectivity index (χ1v) is 13.9. The Morgan fingerprint density at radius 2 is 1.62 bits per heavy atom. The predicted molar refractivity (Wildman–Crippen MR) is 157 cm³/mol. The summed E-state index contributed by atoms with van der Waals surface area (Å²) < 4.78 is 46.8. The number of aliphatic carboxylic acids is 1. The van der Waals surface area contributed by atoms with E-state index in [0.29, 0.717) is 6.54 Å². The van der Waals surface area contributed by atoms with Gasteiger partial charge < -0.3 is 14.6 Å². The minimum absolute atomic E-state index is 0.136. The van der Waals surface area contributed by atoms with E-state index in [1.54, 1.807) is 18.2 Å². The number of rotatable bonds is 9. The molecule has 1 aromatic heterocycles. The topological polar surface area (TPSA) is 73.9 Å². The molecule has 0 saturated heterocycles. The van der Waals surface area contributed by atoms with Gasteiger partial charge in [-0.05, 0) is 82.6 Å². The maximum absolute atomic E-state index is 13.2. The third-order valence-electron chi connectivity index (χ3n) is 7.06. The molecule has 0 aliphatic rings. The highest BCUT2D eigenvalue weighted by Crippen LogP contribution is 2.37. The molecule has 42 heavy (non-hydrogen) atoms. The second-order valence-corrected chi connectivity index (χ2v) is 11.3. The average molecular weight is 592 g/mol. The van der Waals surface area contributed by atoms with E-state index in [1.807, 2.05) is 78.0 Å². The Balaban J connectivity index is 1.43. The van der Waals surface area contributed by atoms with Crippen LogP contribution in [0.4, 0.5) is 13.2 Å². The molecule has 2 N–H and O–H groups in total. The van der Waals surface area contributed by atoms with Crippen LogP contribution < -0.4 is 0 Å². The van der Waals surface area contributed by atoms with E-state index in [0.717, 1.165) is 44.0 Å². The molecule has 1 atom stereocenters. The lowest BCUT2D eigenvalue weighted by atomic mass is 9.92. The Labute approximate surface area is 245 Å². The van der Waals surface area contributed by atoms with Gasteiger partial charge in [0.25, 0.3) is 0 Å². The number of aryl methyl sites for hydroxylation is 1. The van der Waals surface area contributed by atoms with Crippen LogP contribution in [0.3, 0.4) is 0 Å². The number of carboxylic acid groups (broad SMARTS) is 1. The van der Waals surface area contributed by atoms with Gasteiger partial charge in [0.2, 0.25) is 5.76 Å². The standard InChI is InChI=1S/C33H28F3NO4S/c1-21-10-13-24-6-3-4-9-28(24)30(21)42-37(20-27-16-17-29(41-27)33(34,35)36)19-22-11-14-23(15-12-22)25-7-5-8-26(18-25)32(2,40)31(38)39/h3-18,40H,19-20H2,1-2H3,(H,38,39). The molecule has 0 spiro atoms. The largest absolute Gasteiger partial charge is 0.479 e. The summed E-state index contributed by atoms with van der Waals surface area (Å²) in [6, 6.07) is 28.7. The highest BCUT2D eigenvalue weighted by Gasteiger charge is 2.35. The van der Waals surface area contributed by atoms with Crippen molar-refractivity contribution in [1.29, 1.82) is 0 Å². The van der Waals surface area contributed by atoms with Gasteiger partial charge in [0.15, 0.2) is 5.60 Å². The highest BCUT2D eigenvalue weighted by atomic mass is 32.2. The molecule has 216 valence electrons. The Morgan fingerprint density at radius 3 is 2.31 bits per heavy atom. The smallest absolute Gasteiger partial charge is 0.449 e. The van der Waals surface area contributed by atoms with Crippen molar-refractivity contribution in [2.75, 3.05) is 0 Å². The molecule has 1 heterocycles. The Hall–Kier alpha value is -4.05. The number of nitrogens with zero attached hydrogens (tertiary/aromatic N) is 1. The zero-order valence-corrected chi connectivity index (χ0v) is 23.7. The predicted octanol–water partition coefficient (Wildman–Crippen LogP) is 8.43. The van der Waals surface area contributed by atoms with Crippen LogP contribution in [0.25, 0.3) is 21.9 Å². The van der Waals surface area contributed by atoms with Gasteiger partial charge in [0.05, 0.1) is 6.54 Å². The highest BCUT2D eigenvalue weighted by molar-refractivity contribution is 7.97. The maximum Gasteiger partial charge on any atom is 0.449 e. The fourth-order valence-electron chi connectivity index (χ4n) is 4.64. The number of benzene rings is 4. The van der Waals surface area contributed by atoms with Crippen molar-refractivity contribution in [2.45, 2.75) is 43.6 Å². The van der Waals surface area contributed by atoms with Gasteiger partial charge in [-0.15, -0.1) is 0 Å². The molecule has 5 rings (SSSR count). The molecule has 1 unspecified atom stereocenters. The monoisotopic (exact) mass is 591 g/mol. The van der Waals surface area contributed by atoms with Crippen molar-refractivity contribution in [2.24, 2.45) is 0 Å². The number of halogens is 3. The van der Waals surface area contributed by atoms with Gasteiger partial charge in [0, 0.05) is 11.4 Å². The van der Waals surface area contributed by atoms with Crippen LogP contribution in [-0.2, 0) is 29.7 Å². The molecule has 9 heteroatoms. The molecular weight excluding hydrogens is 563 g/mol. The average Bonchev–Trinajstić information content (AvgIpc) is 3.44. The van der Waals surface area contributed by atoms with Crippen molar-refractivity contribution in [1.82, 2.24) is 4.31 Å². The lowest BCUT2D eigenvalue weighted by molar-refractivity contribution is -0.157. The summed E-state index contributed by atoms with van der Waals surface area (Å²) in [6.07, 6.45) is -4.56. The molecule has 0 fully saturated rings. The summed E-state index contributed by atoms with van der Waals surface area (Å²) in [5.41, 5.74) is 1.78. The normalized spacial score (nSPS) is 13.4. The SMILES string of the molecule is Cc1ccc2ccccc2c1SN(Cc1ccc(-c2cccc(C(C)(O)C(=O)O)c2)cc1)Cc1ccc(C(F)(F)F)o1. The second-order valence-electron chi connectivity index (χ2n) is 10.2. The summed E-state index contributed by atoms with van der Waals surface area (Å²) in [7, 11) is 0. The molecule has 0 amide bonds. The Kier molecular flexibility index (Phi) is 8.19. The first-order valence-electron chi connectivity index (χ1n) is 13.1. The van der Waals surface area contributed by atoms with Gasteiger partial charge in [-0.1, -0.05) is 78.9 Å². The summed E-state index contributed by atoms with van der Waals surface area (Å²) in [5.74, 6) is -2.17. The van der Waals surface area contributed by atoms with Crippen LogP contribution in [-0.4, -0.2) is 20.5 Å². The Morgan fingerprint density at radius 1 is 0.881 bits per heavy atom. The second kappa shape index (κ2) is 11.7. The van der Waals surface area contributed by atoms with E-state index < -0.39 is 23.5 Å². The van der Waals surface area contributed by atoms with Crippen LogP contribution in [0.15, 0.2) is 106 Å². The fraction of sp³-hybridized carbons (Fsp3) is 0.182. The van der Waals surface area contributed by atoms with Gasteiger partial charge in [-0.2, -0.15) is 13.2 Å². The lowest BCUT2D eigenvalue weighted by Crippen LogP contribution is -2.31. The minimum Gasteiger partial charge on any atom is -0.479 e. The molecule has 0 aliphatic heterocycles. The Bertz CT molecular complexity index is 1730. The molecule has 0 saturated carbocycles. The van der Waals surface area contributed by atoms with Crippen molar-refractivity contribution < 1.29 is 32.6 Å². The van der Waals surface area contributed by atoms with Crippen LogP contribution in [0, 0.1) is 6.92 Å². The van der Waals surface area contributed by atoms with E-state index in [-0.39, 0.29) is 17.9 Å². The molecule has 5 nitrogen and oxygen atoms in total. The first kappa shape index (κ1) is 29.4. The zero-order valence-electron chi connectivity index (χ0n) is 22.9. The number of carboxylic acids is 1. The van der Waals surface area contributed by atoms with Gasteiger partial charge >= 0.3 is 12.1 Å². The van der Waals surface area contributed by atoms with Crippen molar-refractivity contribution >= 4 is 28.7 Å². The third-order valence-corrected chi connectivity index (χ3v) is 8.30. The molecular formula is C33H28F3NO4S. The summed E-state index contributed by atoms with van der Waals surface area (Å²) in [5, 5.41) is 21.9. The van der Waals surface area contributed by atoms with Gasteiger partial charge in [-0.25, -0.2) is 9.10 Å². The number of carbonyl (C=O) groups is 1. The number of furan rings is 1. The maximum atomic E-state index is 13.2. The van der Waals surface area contributed by atoms with Gasteiger partial charge in [-0.3, -0.25) is 0 Å². The zero-order chi connectivity index (χ0) is 30.1. The molecule has 5 aromatic rings. The van der Waals surface area contributed by atoms with Crippen LogP contribution in [0.2, 0.25) is 0 Å². The lowest BCUT2D eigenvalue weighted by Gasteiger charge is -2.22. The molecule has 0 aliphatic carbocycles. The van der Waals surface area contributed by atoms with E-state index in [2.05, 4.69) is 0 Å². The van der Waals surface area contributed by atoms with Crippen molar-refractivity contribution in [3.63, 3.8) is 0 Å². The van der Waals surface area contributed by atoms with Crippen LogP contribution in [0.1, 0.15) is 35.1 Å². The number of hydrogen-bond acceptors (Lipinski definition) is 5. The molecule has 0 radical (unpaired) electrons. The summed E-state index contributed by atoms with van der Waals surface area (Å²) in [6.45, 7) is 3.78. The summed E-state index contributed by atoms with van der Waals surface area (Å²) in [4.78, 5) is 12.5. The van der Waals surface area contributed by atoms with E-state index in [4.69, 9.17) is 4.42 Å². The number of fused-ring (bicyclic) bond motifs is 1. The molecule has 4 aromatic carbocycles. The molecule has 0 bridgehead atoms. The summed E-state index contributed by atoms with van der Waals surface area (Å²) >= 11 is 1.47. The van der Waals surface area contributed by atoms with Crippen LogP contribution in [0.5, 0.6) is 0 Å². The van der Waals surface area contributed by atoms with Crippen molar-refractivity contribution in [3.05, 3.63) is 125 Å². The van der Waals surface area contributed by atoms with Gasteiger partial charge in [0.1, 0.15) is 5.76 Å². The van der Waals surface area contributed by atoms with E-state index >= 15 is 0 Å². The van der Waals surface area contributed by atoms with Crippen molar-refractivity contribution in [3.8, 4) is 11.1 Å². The van der Waals surface area contributed by atoms with E-state index in [9.17, 15) is 28.2 Å². The van der Waals surface area contributed by atoms with Crippen LogP contribution >= 0.6 is 11.9 Å². The minimum atomic E-state index is -4.56. The number of hydrogen-bond donors (Lipinski definition) is 2. The first-order chi connectivity index (χ1) is 19.9.